The van der Waals surface area contributed by atoms with Gasteiger partial charge in [0.2, 0.25) is 0 Å². The van der Waals surface area contributed by atoms with E-state index in [2.05, 4.69) is 41.2 Å². The van der Waals surface area contributed by atoms with Crippen LogP contribution in [-0.4, -0.2) is 49.6 Å². The summed E-state index contributed by atoms with van der Waals surface area (Å²) in [4.78, 5) is 26.6. The molecule has 1 radical (unpaired) electrons. The molecule has 0 bridgehead atoms. The van der Waals surface area contributed by atoms with Crippen molar-refractivity contribution in [3.63, 3.8) is 0 Å². The van der Waals surface area contributed by atoms with Gasteiger partial charge >= 0.3 is 5.97 Å². The Hall–Kier alpha value is -0.168. The number of aryl methyl sites for hydroxylation is 1. The quantitative estimate of drug-likeness (QED) is 0.178. The molecule has 4 rings (SSSR count). The summed E-state index contributed by atoms with van der Waals surface area (Å²) in [6, 6.07) is -0.535. The molecular formula is C26H46AcBrN6O2S4-. The predicted molar refractivity (Wildman–Crippen MR) is 179 cm³/mol. The van der Waals surface area contributed by atoms with E-state index in [0.717, 1.165) is 34.5 Å². The third kappa shape index (κ3) is 25.5. The van der Waals surface area contributed by atoms with Crippen molar-refractivity contribution in [3.05, 3.63) is 72.1 Å². The van der Waals surface area contributed by atoms with Crippen LogP contribution in [0.2, 0.25) is 0 Å². The Labute approximate surface area is 302 Å². The maximum absolute atomic E-state index is 10.6. The zero-order chi connectivity index (χ0) is 26.1. The summed E-state index contributed by atoms with van der Waals surface area (Å²) in [6.45, 7) is 5.77. The maximum atomic E-state index is 10.6. The predicted octanol–water partition coefficient (Wildman–Crippen LogP) is 8.91. The number of alkyl halides is 1. The second-order valence-corrected chi connectivity index (χ2v) is 11.1. The van der Waals surface area contributed by atoms with Crippen LogP contribution in [0.4, 0.5) is 0 Å². The van der Waals surface area contributed by atoms with Crippen molar-refractivity contribution in [1.82, 2.24) is 25.3 Å². The zero-order valence-corrected chi connectivity index (χ0v) is 30.1. The van der Waals surface area contributed by atoms with Gasteiger partial charge in [-0.3, -0.25) is 9.78 Å². The number of aliphatic carboxylic acids is 1. The minimum Gasteiger partial charge on any atom is -0.672 e. The summed E-state index contributed by atoms with van der Waals surface area (Å²) in [6.07, 6.45) is 1.19. The van der Waals surface area contributed by atoms with E-state index >= 15 is 0 Å². The summed E-state index contributed by atoms with van der Waals surface area (Å²) in [5.41, 5.74) is 18.4. The fraction of sp³-hybridized carbons (Fsp3) is 0.500. The van der Waals surface area contributed by atoms with Gasteiger partial charge < -0.3 is 16.2 Å². The van der Waals surface area contributed by atoms with Crippen molar-refractivity contribution >= 4 is 67.2 Å². The van der Waals surface area contributed by atoms with Gasteiger partial charge in [-0.1, -0.05) is 59.5 Å². The van der Waals surface area contributed by atoms with E-state index in [1.807, 2.05) is 53.3 Å². The van der Waals surface area contributed by atoms with Crippen LogP contribution >= 0.6 is 61.3 Å². The number of aromatic nitrogens is 4. The van der Waals surface area contributed by atoms with E-state index in [9.17, 15) is 4.79 Å². The topological polar surface area (TPSA) is 125 Å². The minimum absolute atomic E-state index is 0. The van der Waals surface area contributed by atoms with Crippen molar-refractivity contribution in [1.29, 1.82) is 0 Å². The summed E-state index contributed by atoms with van der Waals surface area (Å²) >= 11 is 9.59. The van der Waals surface area contributed by atoms with Crippen LogP contribution in [0.25, 0.3) is 5.73 Å². The molecule has 8 nitrogen and oxygen atoms in total. The molecular weight excluding hydrogens is 863 g/mol. The fourth-order valence-electron chi connectivity index (χ4n) is 2.21. The molecule has 1 atom stereocenters. The fourth-order valence-corrected chi connectivity index (χ4v) is 4.97. The molecule has 0 saturated heterocycles. The van der Waals surface area contributed by atoms with E-state index in [-0.39, 0.29) is 79.3 Å². The molecule has 0 saturated carbocycles. The first kappa shape index (κ1) is 49.5. The number of carboxylic acid groups (broad SMARTS) is 1. The van der Waals surface area contributed by atoms with Gasteiger partial charge in [0, 0.05) is 83.0 Å². The molecule has 227 valence electrons. The maximum Gasteiger partial charge on any atom is 0.321 e. The van der Waals surface area contributed by atoms with E-state index in [1.54, 1.807) is 52.1 Å². The standard InChI is InChI=1S/C7H10N2O2S.C7H11N2S.C4H4BrNS.C4H5NS.4CH4.Ac/c1-8-6(7(10)11)2-5-3-12-4-9-5;1-7(2,8)3-6-4-10-5-9-6;5-1-4-2-7-3-6-4;1-4-2-6-3-5-4;;;;;/h3-4,6,8H,2H2,1H3,(H,10,11);4-5,8H,3H2,1-2H3;2-3H,1H2;2-3H,1H3;4*1H4;/q;-1;;;;;;;/t6-;;;;;;;;/m0......../s1. The largest absolute Gasteiger partial charge is 0.672 e. The van der Waals surface area contributed by atoms with Gasteiger partial charge in [0.1, 0.15) is 6.04 Å². The van der Waals surface area contributed by atoms with Crippen LogP contribution in [0.1, 0.15) is 66.3 Å². The number of hydrogen-bond acceptors (Lipinski definition) is 10. The monoisotopic (exact) mass is 908 g/mol. The minimum atomic E-state index is -0.842. The smallest absolute Gasteiger partial charge is 0.321 e. The van der Waals surface area contributed by atoms with Gasteiger partial charge in [-0.05, 0) is 20.4 Å². The molecule has 0 fully saturated rings. The Balaban J connectivity index is -0.000000134. The molecule has 4 heterocycles. The molecule has 0 amide bonds. The molecule has 40 heavy (non-hydrogen) atoms. The van der Waals surface area contributed by atoms with Crippen LogP contribution in [-0.2, 0) is 23.0 Å². The summed E-state index contributed by atoms with van der Waals surface area (Å²) in [7, 11) is 1.63. The third-order valence-corrected chi connectivity index (χ3v) is 7.01. The van der Waals surface area contributed by atoms with E-state index < -0.39 is 12.0 Å². The number of carboxylic acids is 1. The average Bonchev–Trinajstić information content (AvgIpc) is 3.61. The summed E-state index contributed by atoms with van der Waals surface area (Å²) in [5.74, 6) is -0.842. The van der Waals surface area contributed by atoms with Crippen molar-refractivity contribution < 1.29 is 54.0 Å². The molecule has 14 heteroatoms. The SMILES string of the molecule is BrCc1cscn1.C.C.C.C.CC(C)([NH-])Cc1cscn1.CN[C@@H](Cc1cscn1)C(=O)O.Cc1cscn1.[Ac]. The van der Waals surface area contributed by atoms with Gasteiger partial charge in [-0.2, -0.15) is 0 Å². The van der Waals surface area contributed by atoms with Gasteiger partial charge in [-0.25, -0.2) is 15.0 Å². The van der Waals surface area contributed by atoms with Crippen molar-refractivity contribution in [3.8, 4) is 0 Å². The number of nitrogens with one attached hydrogen (secondary N) is 2. The molecule has 4 aromatic rings. The molecule has 4 aromatic heterocycles. The molecule has 0 unspecified atom stereocenters. The van der Waals surface area contributed by atoms with Crippen molar-refractivity contribution in [2.75, 3.05) is 7.05 Å². The third-order valence-electron chi connectivity index (χ3n) is 3.83. The second-order valence-electron chi connectivity index (χ2n) is 7.65. The number of halogens is 1. The van der Waals surface area contributed by atoms with Crippen LogP contribution in [0.15, 0.2) is 43.6 Å². The summed E-state index contributed by atoms with van der Waals surface area (Å²) < 4.78 is 0. The van der Waals surface area contributed by atoms with E-state index in [0.29, 0.717) is 6.42 Å². The first-order valence-electron chi connectivity index (χ1n) is 10.3. The average molecular weight is 910 g/mol. The van der Waals surface area contributed by atoms with Crippen LogP contribution in [0.5, 0.6) is 0 Å². The molecule has 0 aromatic carbocycles. The van der Waals surface area contributed by atoms with Crippen LogP contribution < -0.4 is 5.32 Å². The number of nitrogens with zero attached hydrogens (tertiary/aromatic N) is 4. The molecule has 0 spiro atoms. The van der Waals surface area contributed by atoms with Crippen LogP contribution in [0.3, 0.4) is 0 Å². The number of carbonyl (C=O) groups is 1. The van der Waals surface area contributed by atoms with Gasteiger partial charge in [-0.15, -0.1) is 50.9 Å². The van der Waals surface area contributed by atoms with Gasteiger partial charge in [0.05, 0.1) is 39.1 Å². The first-order valence-corrected chi connectivity index (χ1v) is 15.2. The Bertz CT molecular complexity index is 1010. The second kappa shape index (κ2) is 28.9. The number of thiazole rings is 4. The van der Waals surface area contributed by atoms with E-state index in [1.165, 1.54) is 11.3 Å². The zero-order valence-electron chi connectivity index (χ0n) is 20.6. The molecule has 3 N–H and O–H groups in total. The van der Waals surface area contributed by atoms with Crippen LogP contribution in [0, 0.1) is 51.0 Å². The molecule has 0 aliphatic heterocycles. The molecule has 0 aliphatic rings. The number of likely N-dealkylation sites (N-methyl/N-ethyl adjacent to an activating group) is 1. The number of rotatable bonds is 7. The summed E-state index contributed by atoms with van der Waals surface area (Å²) in [5, 5.41) is 20.1. The first-order chi connectivity index (χ1) is 16.6. The van der Waals surface area contributed by atoms with Crippen molar-refractivity contribution in [2.24, 2.45) is 0 Å². The normalized spacial score (nSPS) is 9.75. The Kier molecular flexibility index (Phi) is 35.8. The Morgan fingerprint density at radius 3 is 1.57 bits per heavy atom. The Morgan fingerprint density at radius 2 is 1.32 bits per heavy atom. The van der Waals surface area contributed by atoms with E-state index in [4.69, 9.17) is 10.8 Å². The van der Waals surface area contributed by atoms with Crippen molar-refractivity contribution in [2.45, 2.75) is 80.2 Å². The van der Waals surface area contributed by atoms with Gasteiger partial charge in [0.25, 0.3) is 0 Å². The number of hydrogen-bond donors (Lipinski definition) is 2. The molecule has 0 aliphatic carbocycles. The van der Waals surface area contributed by atoms with Gasteiger partial charge in [0.15, 0.2) is 0 Å². The Morgan fingerprint density at radius 1 is 0.900 bits per heavy atom.